The minimum absolute atomic E-state index is 0.0378. The fourth-order valence-electron chi connectivity index (χ4n) is 0.806. The van der Waals surface area contributed by atoms with E-state index in [0.717, 1.165) is 6.07 Å². The molecule has 0 aliphatic carbocycles. The fraction of sp³-hybridized carbons (Fsp3) is 0.143. The van der Waals surface area contributed by atoms with Crippen molar-refractivity contribution in [1.82, 2.24) is 0 Å². The number of hydrogen-bond acceptors (Lipinski definition) is 2. The molecule has 0 heterocycles. The molecule has 13 heavy (non-hydrogen) atoms. The van der Waals surface area contributed by atoms with Gasteiger partial charge in [-0.15, -0.1) is 0 Å². The Morgan fingerprint density at radius 3 is 2.69 bits per heavy atom. The minimum atomic E-state index is -2.18. The lowest BCUT2D eigenvalue weighted by molar-refractivity contribution is 0.398. The van der Waals surface area contributed by atoms with Crippen LogP contribution in [0.4, 0.5) is 4.39 Å². The zero-order valence-corrected chi connectivity index (χ0v) is 8.99. The second-order valence-corrected chi connectivity index (χ2v) is 3.96. The summed E-state index contributed by atoms with van der Waals surface area (Å²) in [5, 5.41) is 0. The SMILES string of the molecule is COc1cc(F)c(Br)cc1S(=O)O. The highest BCUT2D eigenvalue weighted by Crippen LogP contribution is 2.28. The Balaban J connectivity index is 3.33. The van der Waals surface area contributed by atoms with Gasteiger partial charge in [0.1, 0.15) is 16.5 Å². The van der Waals surface area contributed by atoms with E-state index in [0.29, 0.717) is 0 Å². The van der Waals surface area contributed by atoms with Crippen LogP contribution in [0.15, 0.2) is 21.5 Å². The summed E-state index contributed by atoms with van der Waals surface area (Å²) in [6, 6.07) is 2.26. The number of methoxy groups -OCH3 is 1. The van der Waals surface area contributed by atoms with Crippen LogP contribution in [0.5, 0.6) is 5.75 Å². The summed E-state index contributed by atoms with van der Waals surface area (Å²) >= 11 is 0.721. The minimum Gasteiger partial charge on any atom is -0.495 e. The summed E-state index contributed by atoms with van der Waals surface area (Å²) in [5.74, 6) is -0.479. The number of rotatable bonds is 2. The second-order valence-electron chi connectivity index (χ2n) is 2.17. The molecule has 0 saturated heterocycles. The molecule has 0 aliphatic heterocycles. The largest absolute Gasteiger partial charge is 0.495 e. The highest BCUT2D eigenvalue weighted by Gasteiger charge is 2.12. The van der Waals surface area contributed by atoms with Crippen molar-refractivity contribution < 1.29 is 17.9 Å². The Morgan fingerprint density at radius 1 is 1.62 bits per heavy atom. The van der Waals surface area contributed by atoms with Gasteiger partial charge in [0, 0.05) is 6.07 Å². The second kappa shape index (κ2) is 4.17. The van der Waals surface area contributed by atoms with Gasteiger partial charge in [-0.1, -0.05) is 0 Å². The van der Waals surface area contributed by atoms with E-state index in [2.05, 4.69) is 15.9 Å². The Kier molecular flexibility index (Phi) is 3.40. The van der Waals surface area contributed by atoms with E-state index in [-0.39, 0.29) is 15.1 Å². The lowest BCUT2D eigenvalue weighted by atomic mass is 10.3. The topological polar surface area (TPSA) is 46.5 Å². The van der Waals surface area contributed by atoms with Crippen molar-refractivity contribution in [2.24, 2.45) is 0 Å². The average molecular weight is 269 g/mol. The van der Waals surface area contributed by atoms with E-state index in [1.807, 2.05) is 0 Å². The van der Waals surface area contributed by atoms with E-state index in [1.165, 1.54) is 13.2 Å². The van der Waals surface area contributed by atoms with Gasteiger partial charge in [-0.25, -0.2) is 8.60 Å². The molecule has 0 radical (unpaired) electrons. The van der Waals surface area contributed by atoms with E-state index in [4.69, 9.17) is 9.29 Å². The van der Waals surface area contributed by atoms with E-state index >= 15 is 0 Å². The maximum atomic E-state index is 12.9. The van der Waals surface area contributed by atoms with E-state index < -0.39 is 16.9 Å². The number of ether oxygens (including phenoxy) is 1. The molecule has 6 heteroatoms. The molecule has 0 fully saturated rings. The smallest absolute Gasteiger partial charge is 0.190 e. The van der Waals surface area contributed by atoms with Crippen LogP contribution < -0.4 is 4.74 Å². The molecule has 3 nitrogen and oxygen atoms in total. The normalized spacial score (nSPS) is 12.6. The first-order valence-electron chi connectivity index (χ1n) is 3.20. The molecule has 1 N–H and O–H groups in total. The maximum absolute atomic E-state index is 12.9. The Hall–Kier alpha value is -0.460. The number of halogens is 2. The van der Waals surface area contributed by atoms with Crippen molar-refractivity contribution in [1.29, 1.82) is 0 Å². The van der Waals surface area contributed by atoms with Crippen molar-refractivity contribution in [2.75, 3.05) is 7.11 Å². The molecule has 0 spiro atoms. The summed E-state index contributed by atoms with van der Waals surface area (Å²) in [5.41, 5.74) is 0. The molecule has 0 bridgehead atoms. The standard InChI is InChI=1S/C7H6BrFO3S/c1-12-6-3-5(9)4(8)2-7(6)13(10)11/h2-3H,1H3,(H,10,11). The third-order valence-corrected chi connectivity index (χ3v) is 2.70. The summed E-state index contributed by atoms with van der Waals surface area (Å²) in [4.78, 5) is 0.0378. The summed E-state index contributed by atoms with van der Waals surface area (Å²) < 4.78 is 37.3. The zero-order chi connectivity index (χ0) is 10.0. The summed E-state index contributed by atoms with van der Waals surface area (Å²) in [6.07, 6.45) is 0. The van der Waals surface area contributed by atoms with Crippen LogP contribution >= 0.6 is 15.9 Å². The van der Waals surface area contributed by atoms with Gasteiger partial charge >= 0.3 is 0 Å². The van der Waals surface area contributed by atoms with Crippen LogP contribution in [-0.4, -0.2) is 15.9 Å². The summed E-state index contributed by atoms with van der Waals surface area (Å²) in [6.45, 7) is 0. The number of benzene rings is 1. The van der Waals surface area contributed by atoms with Gasteiger partial charge in [-0.3, -0.25) is 0 Å². The lowest BCUT2D eigenvalue weighted by Gasteiger charge is -2.05. The molecule has 1 atom stereocenters. The molecule has 1 aromatic rings. The van der Waals surface area contributed by atoms with Gasteiger partial charge in [-0.2, -0.15) is 0 Å². The highest BCUT2D eigenvalue weighted by molar-refractivity contribution is 9.10. The lowest BCUT2D eigenvalue weighted by Crippen LogP contribution is -1.96. The van der Waals surface area contributed by atoms with Crippen LogP contribution in [0.25, 0.3) is 0 Å². The summed E-state index contributed by atoms with van der Waals surface area (Å²) in [7, 11) is 1.30. The van der Waals surface area contributed by atoms with Gasteiger partial charge in [-0.05, 0) is 22.0 Å². The molecular weight excluding hydrogens is 263 g/mol. The highest BCUT2D eigenvalue weighted by atomic mass is 79.9. The predicted octanol–water partition coefficient (Wildman–Crippen LogP) is 2.18. The van der Waals surface area contributed by atoms with Crippen LogP contribution in [0.3, 0.4) is 0 Å². The van der Waals surface area contributed by atoms with Gasteiger partial charge < -0.3 is 9.29 Å². The molecule has 0 aliphatic rings. The molecule has 0 saturated carbocycles. The first-order chi connectivity index (χ1) is 6.06. The molecular formula is C7H6BrFO3S. The molecule has 72 valence electrons. The van der Waals surface area contributed by atoms with Crippen molar-refractivity contribution in [3.8, 4) is 5.75 Å². The van der Waals surface area contributed by atoms with Gasteiger partial charge in [0.15, 0.2) is 11.1 Å². The number of hydrogen-bond donors (Lipinski definition) is 1. The Morgan fingerprint density at radius 2 is 2.23 bits per heavy atom. The van der Waals surface area contributed by atoms with Crippen LogP contribution in [-0.2, 0) is 11.1 Å². The van der Waals surface area contributed by atoms with Crippen molar-refractivity contribution >= 4 is 27.0 Å². The van der Waals surface area contributed by atoms with Crippen molar-refractivity contribution in [3.63, 3.8) is 0 Å². The molecule has 1 rings (SSSR count). The monoisotopic (exact) mass is 268 g/mol. The predicted molar refractivity (Wildman–Crippen MR) is 49.7 cm³/mol. The first-order valence-corrected chi connectivity index (χ1v) is 5.10. The average Bonchev–Trinajstić information content (AvgIpc) is 2.08. The van der Waals surface area contributed by atoms with Crippen molar-refractivity contribution in [2.45, 2.75) is 4.90 Å². The molecule has 1 aromatic carbocycles. The fourth-order valence-corrected chi connectivity index (χ4v) is 1.83. The van der Waals surface area contributed by atoms with E-state index in [1.54, 1.807) is 0 Å². The Bertz CT molecular complexity index is 356. The maximum Gasteiger partial charge on any atom is 0.190 e. The van der Waals surface area contributed by atoms with Crippen molar-refractivity contribution in [3.05, 3.63) is 22.4 Å². The molecule has 1 unspecified atom stereocenters. The first kappa shape index (κ1) is 10.6. The quantitative estimate of drug-likeness (QED) is 0.837. The third kappa shape index (κ3) is 2.26. The molecule has 0 aromatic heterocycles. The third-order valence-electron chi connectivity index (χ3n) is 1.39. The van der Waals surface area contributed by atoms with Crippen LogP contribution in [0.2, 0.25) is 0 Å². The molecule has 0 amide bonds. The van der Waals surface area contributed by atoms with Crippen LogP contribution in [0, 0.1) is 5.82 Å². The van der Waals surface area contributed by atoms with Crippen LogP contribution in [0.1, 0.15) is 0 Å². The van der Waals surface area contributed by atoms with Gasteiger partial charge in [0.05, 0.1) is 11.6 Å². The Labute approximate surface area is 85.3 Å². The van der Waals surface area contributed by atoms with E-state index in [9.17, 15) is 8.60 Å². The van der Waals surface area contributed by atoms with Gasteiger partial charge in [0.2, 0.25) is 0 Å². The zero-order valence-electron chi connectivity index (χ0n) is 6.58. The van der Waals surface area contributed by atoms with Gasteiger partial charge in [0.25, 0.3) is 0 Å².